The fourth-order valence-electron chi connectivity index (χ4n) is 0.776. The van der Waals surface area contributed by atoms with Gasteiger partial charge in [0.15, 0.2) is 0 Å². The van der Waals surface area contributed by atoms with Crippen molar-refractivity contribution in [2.24, 2.45) is 0 Å². The van der Waals surface area contributed by atoms with Gasteiger partial charge in [0.25, 0.3) is 0 Å². The van der Waals surface area contributed by atoms with E-state index in [4.69, 9.17) is 0 Å². The minimum atomic E-state index is 0.950. The minimum absolute atomic E-state index is 0.950. The van der Waals surface area contributed by atoms with E-state index in [1.807, 2.05) is 6.92 Å². The van der Waals surface area contributed by atoms with Crippen LogP contribution < -0.4 is 0 Å². The maximum absolute atomic E-state index is 4.24. The third-order valence-electron chi connectivity index (χ3n) is 1.23. The fourth-order valence-corrected chi connectivity index (χ4v) is 1.64. The summed E-state index contributed by atoms with van der Waals surface area (Å²) in [4.78, 5) is 4.24. The van der Waals surface area contributed by atoms with E-state index >= 15 is 0 Å². The molecule has 0 spiro atoms. The van der Waals surface area contributed by atoms with Crippen LogP contribution in [0.1, 0.15) is 11.3 Å². The second-order valence-electron chi connectivity index (χ2n) is 2.19. The number of rotatable bonds is 0. The van der Waals surface area contributed by atoms with Gasteiger partial charge in [0, 0.05) is 9.26 Å². The lowest BCUT2D eigenvalue weighted by Crippen LogP contribution is -1.89. The molecule has 0 radical (unpaired) electrons. The van der Waals surface area contributed by atoms with Crippen molar-refractivity contribution in [1.29, 1.82) is 0 Å². The molecule has 0 saturated heterocycles. The Kier molecular flexibility index (Phi) is 2.68. The lowest BCUT2D eigenvalue weighted by atomic mass is 10.3. The number of aromatic nitrogens is 1. The van der Waals surface area contributed by atoms with Gasteiger partial charge < -0.3 is 0 Å². The van der Waals surface area contributed by atoms with Gasteiger partial charge in [-0.3, -0.25) is 0 Å². The van der Waals surface area contributed by atoms with Crippen molar-refractivity contribution >= 4 is 38.5 Å². The number of aryl methyl sites for hydroxylation is 2. The Morgan fingerprint density at radius 2 is 2.10 bits per heavy atom. The zero-order valence-electron chi connectivity index (χ0n) is 5.78. The van der Waals surface area contributed by atoms with E-state index in [-0.39, 0.29) is 0 Å². The van der Waals surface area contributed by atoms with Gasteiger partial charge >= 0.3 is 0 Å². The summed E-state index contributed by atoms with van der Waals surface area (Å²) in [5.74, 6) is 0. The van der Waals surface area contributed by atoms with Crippen molar-refractivity contribution < 1.29 is 0 Å². The van der Waals surface area contributed by atoms with Gasteiger partial charge in [-0.25, -0.2) is 4.98 Å². The Hall–Kier alpha value is 0.360. The van der Waals surface area contributed by atoms with E-state index in [0.29, 0.717) is 0 Å². The van der Waals surface area contributed by atoms with Crippen molar-refractivity contribution in [3.05, 3.63) is 25.5 Å². The molecule has 10 heavy (non-hydrogen) atoms. The van der Waals surface area contributed by atoms with Crippen molar-refractivity contribution in [1.82, 2.24) is 4.98 Å². The summed E-state index contributed by atoms with van der Waals surface area (Å²) in [6.45, 7) is 4.08. The number of nitrogens with zero attached hydrogens (tertiary/aromatic N) is 1. The van der Waals surface area contributed by atoms with E-state index in [1.165, 1.54) is 9.13 Å². The third kappa shape index (κ3) is 1.69. The minimum Gasteiger partial charge on any atom is -0.245 e. The Balaban J connectivity index is 3.31. The molecular formula is C7H7BrIN. The second kappa shape index (κ2) is 3.17. The highest BCUT2D eigenvalue weighted by atomic mass is 127. The molecule has 3 heteroatoms. The quantitative estimate of drug-likeness (QED) is 0.530. The molecule has 0 unspecified atom stereocenters. The normalized spacial score (nSPS) is 10.0. The summed E-state index contributed by atoms with van der Waals surface area (Å²) in [5.41, 5.74) is 2.34. The van der Waals surface area contributed by atoms with Crippen LogP contribution in [-0.4, -0.2) is 4.98 Å². The first-order valence-electron chi connectivity index (χ1n) is 2.90. The van der Waals surface area contributed by atoms with Gasteiger partial charge in [-0.1, -0.05) is 0 Å². The van der Waals surface area contributed by atoms with Crippen molar-refractivity contribution in [2.75, 3.05) is 0 Å². The SMILES string of the molecule is Cc1cc(C)c(I)c(Br)n1. The van der Waals surface area contributed by atoms with Gasteiger partial charge in [-0.05, 0) is 64.0 Å². The summed E-state index contributed by atoms with van der Waals surface area (Å²) in [5, 5.41) is 0. The zero-order valence-corrected chi connectivity index (χ0v) is 9.52. The summed E-state index contributed by atoms with van der Waals surface area (Å²) in [6, 6.07) is 2.08. The summed E-state index contributed by atoms with van der Waals surface area (Å²) in [6.07, 6.45) is 0. The third-order valence-corrected chi connectivity index (χ3v) is 3.90. The highest BCUT2D eigenvalue weighted by Crippen LogP contribution is 2.20. The predicted octanol–water partition coefficient (Wildman–Crippen LogP) is 3.07. The van der Waals surface area contributed by atoms with E-state index in [2.05, 4.69) is 56.5 Å². The molecule has 0 atom stereocenters. The molecule has 1 heterocycles. The van der Waals surface area contributed by atoms with Crippen molar-refractivity contribution in [3.8, 4) is 0 Å². The molecule has 0 amide bonds. The number of pyridine rings is 1. The predicted molar refractivity (Wildman–Crippen MR) is 54.1 cm³/mol. The van der Waals surface area contributed by atoms with Crippen LogP contribution in [0, 0.1) is 17.4 Å². The molecular weight excluding hydrogens is 305 g/mol. The fraction of sp³-hybridized carbons (Fsp3) is 0.286. The topological polar surface area (TPSA) is 12.9 Å². The van der Waals surface area contributed by atoms with Crippen molar-refractivity contribution in [3.63, 3.8) is 0 Å². The summed E-state index contributed by atoms with van der Waals surface area (Å²) < 4.78 is 2.15. The molecule has 0 aliphatic rings. The lowest BCUT2D eigenvalue weighted by Gasteiger charge is -2.00. The molecule has 1 nitrogen and oxygen atoms in total. The molecule has 0 aromatic carbocycles. The maximum Gasteiger partial charge on any atom is 0.119 e. The van der Waals surface area contributed by atoms with E-state index in [1.54, 1.807) is 0 Å². The smallest absolute Gasteiger partial charge is 0.119 e. The standard InChI is InChI=1S/C7H7BrIN/c1-4-3-5(2)10-7(8)6(4)9/h3H,1-2H3. The Morgan fingerprint density at radius 1 is 1.50 bits per heavy atom. The molecule has 1 aromatic heterocycles. The largest absolute Gasteiger partial charge is 0.245 e. The molecule has 0 aliphatic heterocycles. The molecule has 1 aromatic rings. The van der Waals surface area contributed by atoms with Crippen LogP contribution in [0.4, 0.5) is 0 Å². The van der Waals surface area contributed by atoms with Crippen LogP contribution in [0.2, 0.25) is 0 Å². The maximum atomic E-state index is 4.24. The first kappa shape index (κ1) is 8.46. The monoisotopic (exact) mass is 311 g/mol. The zero-order chi connectivity index (χ0) is 7.72. The van der Waals surface area contributed by atoms with Crippen LogP contribution in [0.15, 0.2) is 10.7 Å². The summed E-state index contributed by atoms with van der Waals surface area (Å²) >= 11 is 5.65. The van der Waals surface area contributed by atoms with Crippen LogP contribution >= 0.6 is 38.5 Å². The summed E-state index contributed by atoms with van der Waals surface area (Å²) in [7, 11) is 0. The van der Waals surface area contributed by atoms with Crippen LogP contribution in [0.5, 0.6) is 0 Å². The van der Waals surface area contributed by atoms with Crippen LogP contribution in [-0.2, 0) is 0 Å². The first-order chi connectivity index (χ1) is 4.61. The number of halogens is 2. The van der Waals surface area contributed by atoms with Gasteiger partial charge in [0.1, 0.15) is 4.60 Å². The Morgan fingerprint density at radius 3 is 2.60 bits per heavy atom. The highest BCUT2D eigenvalue weighted by Gasteiger charge is 2.00. The molecule has 1 rings (SSSR count). The van der Waals surface area contributed by atoms with Gasteiger partial charge in [0.2, 0.25) is 0 Å². The van der Waals surface area contributed by atoms with E-state index < -0.39 is 0 Å². The average Bonchev–Trinajstić information content (AvgIpc) is 1.82. The molecule has 54 valence electrons. The Labute approximate surface area is 82.5 Å². The van der Waals surface area contributed by atoms with Crippen LogP contribution in [0.3, 0.4) is 0 Å². The molecule has 0 bridgehead atoms. The highest BCUT2D eigenvalue weighted by molar-refractivity contribution is 14.1. The molecule has 0 N–H and O–H groups in total. The van der Waals surface area contributed by atoms with Gasteiger partial charge in [-0.2, -0.15) is 0 Å². The number of hydrogen-bond donors (Lipinski definition) is 0. The Bertz CT molecular complexity index is 237. The van der Waals surface area contributed by atoms with E-state index in [0.717, 1.165) is 10.3 Å². The average molecular weight is 312 g/mol. The second-order valence-corrected chi connectivity index (χ2v) is 4.02. The van der Waals surface area contributed by atoms with Crippen LogP contribution in [0.25, 0.3) is 0 Å². The van der Waals surface area contributed by atoms with E-state index in [9.17, 15) is 0 Å². The molecule has 0 fully saturated rings. The molecule has 0 saturated carbocycles. The van der Waals surface area contributed by atoms with Gasteiger partial charge in [-0.15, -0.1) is 0 Å². The lowest BCUT2D eigenvalue weighted by molar-refractivity contribution is 1.13. The van der Waals surface area contributed by atoms with Crippen molar-refractivity contribution in [2.45, 2.75) is 13.8 Å². The first-order valence-corrected chi connectivity index (χ1v) is 4.77. The number of hydrogen-bond acceptors (Lipinski definition) is 1. The molecule has 0 aliphatic carbocycles. The van der Waals surface area contributed by atoms with Gasteiger partial charge in [0.05, 0.1) is 0 Å².